The molecule has 0 bridgehead atoms. The van der Waals surface area contributed by atoms with Crippen LogP contribution in [0.4, 0.5) is 4.79 Å². The van der Waals surface area contributed by atoms with E-state index in [4.69, 9.17) is 4.74 Å². The monoisotopic (exact) mass is 355 g/mol. The van der Waals surface area contributed by atoms with Gasteiger partial charge in [-0.25, -0.2) is 4.79 Å². The molecule has 0 rings (SSSR count). The van der Waals surface area contributed by atoms with Crippen LogP contribution < -0.4 is 5.32 Å². The SMILES string of the molecule is CC(C)(C)OC(=O)NCCCCCCCCI. The lowest BCUT2D eigenvalue weighted by atomic mass is 10.1. The molecule has 0 heterocycles. The minimum atomic E-state index is -0.399. The van der Waals surface area contributed by atoms with Crippen molar-refractivity contribution in [3.63, 3.8) is 0 Å². The standard InChI is InChI=1S/C13H26INO2/c1-13(2,3)17-12(16)15-11-9-7-5-4-6-8-10-14/h4-11H2,1-3H3,(H,15,16). The molecule has 0 aliphatic rings. The highest BCUT2D eigenvalue weighted by Gasteiger charge is 2.15. The summed E-state index contributed by atoms with van der Waals surface area (Å²) in [5.41, 5.74) is -0.399. The van der Waals surface area contributed by atoms with Gasteiger partial charge in [0.2, 0.25) is 0 Å². The van der Waals surface area contributed by atoms with E-state index in [9.17, 15) is 4.79 Å². The van der Waals surface area contributed by atoms with Crippen LogP contribution >= 0.6 is 22.6 Å². The number of unbranched alkanes of at least 4 members (excludes halogenated alkanes) is 5. The number of alkyl halides is 1. The fraction of sp³-hybridized carbons (Fsp3) is 0.923. The van der Waals surface area contributed by atoms with Gasteiger partial charge in [-0.3, -0.25) is 0 Å². The van der Waals surface area contributed by atoms with Crippen molar-refractivity contribution in [2.45, 2.75) is 64.9 Å². The van der Waals surface area contributed by atoms with Gasteiger partial charge >= 0.3 is 6.09 Å². The quantitative estimate of drug-likeness (QED) is 0.401. The highest BCUT2D eigenvalue weighted by atomic mass is 127. The second kappa shape index (κ2) is 9.97. The lowest BCUT2D eigenvalue weighted by Crippen LogP contribution is -2.32. The molecule has 0 atom stereocenters. The third kappa shape index (κ3) is 13.9. The Morgan fingerprint density at radius 2 is 1.59 bits per heavy atom. The normalized spacial score (nSPS) is 11.3. The molecule has 0 aromatic carbocycles. The fourth-order valence-corrected chi connectivity index (χ4v) is 1.97. The Balaban J connectivity index is 3.25. The number of amides is 1. The molecule has 0 aromatic rings. The molecular formula is C13H26INO2. The van der Waals surface area contributed by atoms with Crippen LogP contribution in [0.5, 0.6) is 0 Å². The Morgan fingerprint density at radius 1 is 1.06 bits per heavy atom. The molecule has 0 saturated heterocycles. The first-order valence-electron chi connectivity index (χ1n) is 6.48. The Kier molecular flexibility index (Phi) is 9.97. The van der Waals surface area contributed by atoms with Crippen molar-refractivity contribution in [3.05, 3.63) is 0 Å². The second-order valence-corrected chi connectivity index (χ2v) is 6.32. The minimum absolute atomic E-state index is 0.303. The van der Waals surface area contributed by atoms with Gasteiger partial charge in [0.05, 0.1) is 0 Å². The number of carbonyl (C=O) groups is 1. The lowest BCUT2D eigenvalue weighted by Gasteiger charge is -2.19. The van der Waals surface area contributed by atoms with E-state index in [0.29, 0.717) is 0 Å². The van der Waals surface area contributed by atoms with Gasteiger partial charge in [0, 0.05) is 6.54 Å². The van der Waals surface area contributed by atoms with E-state index >= 15 is 0 Å². The number of hydrogen-bond donors (Lipinski definition) is 1. The van der Waals surface area contributed by atoms with E-state index in [-0.39, 0.29) is 6.09 Å². The average molecular weight is 355 g/mol. The molecule has 3 nitrogen and oxygen atoms in total. The molecule has 0 aromatic heterocycles. The maximum Gasteiger partial charge on any atom is 0.407 e. The summed E-state index contributed by atoms with van der Waals surface area (Å²) in [6.07, 6.45) is 7.18. The molecule has 4 heteroatoms. The molecule has 0 saturated carbocycles. The van der Waals surface area contributed by atoms with Crippen LogP contribution in [-0.4, -0.2) is 22.7 Å². The maximum absolute atomic E-state index is 11.3. The topological polar surface area (TPSA) is 38.3 Å². The summed E-state index contributed by atoms with van der Waals surface area (Å²) >= 11 is 2.42. The summed E-state index contributed by atoms with van der Waals surface area (Å²) in [5.74, 6) is 0. The van der Waals surface area contributed by atoms with Crippen LogP contribution in [0.1, 0.15) is 59.3 Å². The van der Waals surface area contributed by atoms with Gasteiger partial charge in [0.15, 0.2) is 0 Å². The van der Waals surface area contributed by atoms with Crippen LogP contribution in [0.25, 0.3) is 0 Å². The Labute approximate surface area is 119 Å². The van der Waals surface area contributed by atoms with Gasteiger partial charge < -0.3 is 10.1 Å². The second-order valence-electron chi connectivity index (χ2n) is 5.24. The van der Waals surface area contributed by atoms with Crippen LogP contribution in [0, 0.1) is 0 Å². The number of nitrogens with one attached hydrogen (secondary N) is 1. The number of rotatable bonds is 8. The van der Waals surface area contributed by atoms with E-state index < -0.39 is 5.60 Å². The van der Waals surface area contributed by atoms with Gasteiger partial charge in [-0.05, 0) is 38.0 Å². The van der Waals surface area contributed by atoms with Crippen molar-refractivity contribution in [1.82, 2.24) is 5.32 Å². The molecule has 102 valence electrons. The molecule has 0 spiro atoms. The van der Waals surface area contributed by atoms with E-state index in [1.54, 1.807) is 0 Å². The van der Waals surface area contributed by atoms with E-state index in [0.717, 1.165) is 13.0 Å². The largest absolute Gasteiger partial charge is 0.444 e. The van der Waals surface area contributed by atoms with E-state index in [1.807, 2.05) is 20.8 Å². The van der Waals surface area contributed by atoms with Gasteiger partial charge in [0.1, 0.15) is 5.60 Å². The van der Waals surface area contributed by atoms with E-state index in [2.05, 4.69) is 27.9 Å². The van der Waals surface area contributed by atoms with Crippen molar-refractivity contribution in [1.29, 1.82) is 0 Å². The molecule has 0 radical (unpaired) electrons. The number of ether oxygens (including phenoxy) is 1. The minimum Gasteiger partial charge on any atom is -0.444 e. The first kappa shape index (κ1) is 17.0. The van der Waals surface area contributed by atoms with Crippen LogP contribution in [0.2, 0.25) is 0 Å². The summed E-state index contributed by atoms with van der Waals surface area (Å²) in [7, 11) is 0. The highest BCUT2D eigenvalue weighted by Crippen LogP contribution is 2.07. The molecule has 0 unspecified atom stereocenters. The Hall–Kier alpha value is 0. The molecule has 0 aliphatic carbocycles. The molecule has 0 aliphatic heterocycles. The highest BCUT2D eigenvalue weighted by molar-refractivity contribution is 14.1. The van der Waals surface area contributed by atoms with Gasteiger partial charge in [-0.2, -0.15) is 0 Å². The van der Waals surface area contributed by atoms with Crippen molar-refractivity contribution < 1.29 is 9.53 Å². The first-order chi connectivity index (χ1) is 7.95. The fourth-order valence-electron chi connectivity index (χ4n) is 1.43. The Morgan fingerprint density at radius 3 is 2.12 bits per heavy atom. The third-order valence-corrected chi connectivity index (χ3v) is 2.99. The van der Waals surface area contributed by atoms with Gasteiger partial charge in [0.25, 0.3) is 0 Å². The van der Waals surface area contributed by atoms with Gasteiger partial charge in [-0.1, -0.05) is 48.3 Å². The van der Waals surface area contributed by atoms with Crippen LogP contribution in [0.15, 0.2) is 0 Å². The van der Waals surface area contributed by atoms with Gasteiger partial charge in [-0.15, -0.1) is 0 Å². The smallest absolute Gasteiger partial charge is 0.407 e. The van der Waals surface area contributed by atoms with Crippen LogP contribution in [-0.2, 0) is 4.74 Å². The van der Waals surface area contributed by atoms with Crippen molar-refractivity contribution >= 4 is 28.7 Å². The zero-order valence-electron chi connectivity index (χ0n) is 11.4. The summed E-state index contributed by atoms with van der Waals surface area (Å²) in [4.78, 5) is 11.3. The average Bonchev–Trinajstić information content (AvgIpc) is 2.19. The molecule has 1 amide bonds. The summed E-state index contributed by atoms with van der Waals surface area (Å²) in [6, 6.07) is 0. The van der Waals surface area contributed by atoms with Crippen molar-refractivity contribution in [2.75, 3.05) is 11.0 Å². The predicted octanol–water partition coefficient (Wildman–Crippen LogP) is 4.29. The lowest BCUT2D eigenvalue weighted by molar-refractivity contribution is 0.0527. The maximum atomic E-state index is 11.3. The predicted molar refractivity (Wildman–Crippen MR) is 80.8 cm³/mol. The zero-order chi connectivity index (χ0) is 13.1. The summed E-state index contributed by atoms with van der Waals surface area (Å²) in [6.45, 7) is 6.35. The summed E-state index contributed by atoms with van der Waals surface area (Å²) in [5, 5.41) is 2.78. The van der Waals surface area contributed by atoms with Crippen molar-refractivity contribution in [2.24, 2.45) is 0 Å². The number of alkyl carbamates (subject to hydrolysis) is 1. The molecule has 17 heavy (non-hydrogen) atoms. The van der Waals surface area contributed by atoms with E-state index in [1.165, 1.54) is 36.5 Å². The third-order valence-electron chi connectivity index (χ3n) is 2.23. The molecule has 0 fully saturated rings. The Bertz CT molecular complexity index is 202. The number of carbonyl (C=O) groups excluding carboxylic acids is 1. The van der Waals surface area contributed by atoms with Crippen LogP contribution in [0.3, 0.4) is 0 Å². The van der Waals surface area contributed by atoms with Crippen molar-refractivity contribution in [3.8, 4) is 0 Å². The molecule has 1 N–H and O–H groups in total. The molecular weight excluding hydrogens is 329 g/mol. The number of halogens is 1. The first-order valence-corrected chi connectivity index (χ1v) is 8.01. The summed E-state index contributed by atoms with van der Waals surface area (Å²) < 4.78 is 6.41. The zero-order valence-corrected chi connectivity index (χ0v) is 13.5. The number of hydrogen-bond acceptors (Lipinski definition) is 2.